The predicted molar refractivity (Wildman–Crippen MR) is 126 cm³/mol. The molecule has 8 heteroatoms. The first-order valence-corrected chi connectivity index (χ1v) is 13.1. The highest BCUT2D eigenvalue weighted by atomic mass is 32.2. The zero-order chi connectivity index (χ0) is 23.2. The van der Waals surface area contributed by atoms with Crippen molar-refractivity contribution < 1.29 is 18.0 Å². The van der Waals surface area contributed by atoms with E-state index in [0.717, 1.165) is 48.9 Å². The van der Waals surface area contributed by atoms with Gasteiger partial charge in [0.1, 0.15) is 0 Å². The summed E-state index contributed by atoms with van der Waals surface area (Å²) in [6, 6.07) is 11.0. The van der Waals surface area contributed by atoms with Crippen LogP contribution in [0.15, 0.2) is 41.3 Å². The van der Waals surface area contributed by atoms with Crippen molar-refractivity contribution in [1.82, 2.24) is 9.21 Å². The maximum Gasteiger partial charge on any atom is 0.253 e. The van der Waals surface area contributed by atoms with Gasteiger partial charge in [-0.15, -0.1) is 0 Å². The van der Waals surface area contributed by atoms with E-state index in [1.807, 2.05) is 24.3 Å². The molecule has 2 aromatic carbocycles. The Morgan fingerprint density at radius 2 is 1.52 bits per heavy atom. The van der Waals surface area contributed by atoms with E-state index in [-0.39, 0.29) is 24.9 Å². The molecule has 0 saturated carbocycles. The minimum absolute atomic E-state index is 0.00378. The summed E-state index contributed by atoms with van der Waals surface area (Å²) in [5.74, 6) is -0.0889. The highest BCUT2D eigenvalue weighted by Crippen LogP contribution is 2.30. The quantitative estimate of drug-likeness (QED) is 0.695. The number of amides is 2. The number of carbonyl (C=O) groups is 2. The molecule has 0 spiro atoms. The number of hydrogen-bond donors (Lipinski definition) is 0. The van der Waals surface area contributed by atoms with Crippen LogP contribution < -0.4 is 4.90 Å². The average Bonchev–Trinajstić information content (AvgIpc) is 3.27. The molecule has 5 rings (SSSR count). The standard InChI is InChI=1S/C25H29N3O4S/c1-18(29)28-11-10-21-16-22(7-9-24(21)28)25(30)26-12-14-27(15-13-26)33(31,32)23-8-6-19-4-2-3-5-20(19)17-23/h6-9,16-17H,2-5,10-15H2,1H3. The van der Waals surface area contributed by atoms with Gasteiger partial charge in [0.2, 0.25) is 15.9 Å². The second-order valence-corrected chi connectivity index (χ2v) is 11.0. The molecule has 0 bridgehead atoms. The number of anilines is 1. The molecule has 1 fully saturated rings. The number of carbonyl (C=O) groups excluding carboxylic acids is 2. The second kappa shape index (κ2) is 8.57. The topological polar surface area (TPSA) is 78.0 Å². The second-order valence-electron chi connectivity index (χ2n) is 9.10. The molecular weight excluding hydrogens is 438 g/mol. The van der Waals surface area contributed by atoms with E-state index in [9.17, 15) is 18.0 Å². The molecule has 3 aliphatic rings. The van der Waals surface area contributed by atoms with Gasteiger partial charge >= 0.3 is 0 Å². The minimum atomic E-state index is -3.57. The number of aryl methyl sites for hydroxylation is 2. The number of rotatable bonds is 3. The smallest absolute Gasteiger partial charge is 0.253 e. The number of nitrogens with zero attached hydrogens (tertiary/aromatic N) is 3. The highest BCUT2D eigenvalue weighted by molar-refractivity contribution is 7.89. The fraction of sp³-hybridized carbons (Fsp3) is 0.440. The Kier molecular flexibility index (Phi) is 5.74. The van der Waals surface area contributed by atoms with Crippen molar-refractivity contribution in [1.29, 1.82) is 0 Å². The first-order valence-electron chi connectivity index (χ1n) is 11.7. The molecule has 2 aliphatic heterocycles. The van der Waals surface area contributed by atoms with Crippen LogP contribution in [-0.2, 0) is 34.1 Å². The molecule has 0 atom stereocenters. The number of fused-ring (bicyclic) bond motifs is 2. The maximum absolute atomic E-state index is 13.2. The molecule has 0 unspecified atom stereocenters. The molecule has 0 N–H and O–H groups in total. The summed E-state index contributed by atoms with van der Waals surface area (Å²) in [7, 11) is -3.57. The monoisotopic (exact) mass is 467 g/mol. The molecule has 174 valence electrons. The van der Waals surface area contributed by atoms with E-state index < -0.39 is 10.0 Å². The largest absolute Gasteiger partial charge is 0.336 e. The molecule has 1 aliphatic carbocycles. The van der Waals surface area contributed by atoms with Crippen molar-refractivity contribution in [2.24, 2.45) is 0 Å². The zero-order valence-corrected chi connectivity index (χ0v) is 19.7. The number of benzene rings is 2. The van der Waals surface area contributed by atoms with Crippen LogP contribution in [0.2, 0.25) is 0 Å². The Morgan fingerprint density at radius 1 is 0.788 bits per heavy atom. The Morgan fingerprint density at radius 3 is 2.24 bits per heavy atom. The summed E-state index contributed by atoms with van der Waals surface area (Å²) < 4.78 is 27.9. The van der Waals surface area contributed by atoms with Crippen LogP contribution in [0, 0.1) is 0 Å². The third-order valence-electron chi connectivity index (χ3n) is 7.09. The van der Waals surface area contributed by atoms with Crippen molar-refractivity contribution in [2.75, 3.05) is 37.6 Å². The van der Waals surface area contributed by atoms with E-state index in [1.165, 1.54) is 9.87 Å². The van der Waals surface area contributed by atoms with Gasteiger partial charge in [-0.05, 0) is 79.1 Å². The van der Waals surface area contributed by atoms with Crippen LogP contribution in [0.25, 0.3) is 0 Å². The van der Waals surface area contributed by atoms with Gasteiger partial charge in [0.25, 0.3) is 5.91 Å². The summed E-state index contributed by atoms with van der Waals surface area (Å²) in [6.45, 7) is 3.48. The molecule has 1 saturated heterocycles. The molecule has 0 radical (unpaired) electrons. The molecule has 33 heavy (non-hydrogen) atoms. The van der Waals surface area contributed by atoms with E-state index in [4.69, 9.17) is 0 Å². The average molecular weight is 468 g/mol. The summed E-state index contributed by atoms with van der Waals surface area (Å²) in [6.07, 6.45) is 4.96. The third-order valence-corrected chi connectivity index (χ3v) is 8.98. The lowest BCUT2D eigenvalue weighted by Gasteiger charge is -2.34. The van der Waals surface area contributed by atoms with Crippen LogP contribution in [0.3, 0.4) is 0 Å². The summed E-state index contributed by atoms with van der Waals surface area (Å²) in [5, 5.41) is 0. The van der Waals surface area contributed by atoms with Crippen LogP contribution >= 0.6 is 0 Å². The fourth-order valence-corrected chi connectivity index (χ4v) is 6.67. The van der Waals surface area contributed by atoms with Crippen LogP contribution in [0.1, 0.15) is 46.8 Å². The van der Waals surface area contributed by atoms with Gasteiger partial charge in [-0.3, -0.25) is 9.59 Å². The Labute approximate surface area is 195 Å². The fourth-order valence-electron chi connectivity index (χ4n) is 5.20. The third kappa shape index (κ3) is 4.06. The molecule has 2 heterocycles. The van der Waals surface area contributed by atoms with Crippen molar-refractivity contribution in [3.8, 4) is 0 Å². The summed E-state index contributed by atoms with van der Waals surface area (Å²) >= 11 is 0. The van der Waals surface area contributed by atoms with Crippen molar-refractivity contribution in [3.63, 3.8) is 0 Å². The molecule has 2 aromatic rings. The summed E-state index contributed by atoms with van der Waals surface area (Å²) in [4.78, 5) is 28.6. The van der Waals surface area contributed by atoms with Gasteiger partial charge < -0.3 is 9.80 Å². The van der Waals surface area contributed by atoms with Crippen molar-refractivity contribution in [2.45, 2.75) is 43.9 Å². The van der Waals surface area contributed by atoms with Gasteiger partial charge in [0, 0.05) is 50.9 Å². The van der Waals surface area contributed by atoms with Crippen LogP contribution in [-0.4, -0.2) is 62.2 Å². The van der Waals surface area contributed by atoms with E-state index in [0.29, 0.717) is 30.1 Å². The van der Waals surface area contributed by atoms with Crippen molar-refractivity contribution in [3.05, 3.63) is 58.7 Å². The Balaban J connectivity index is 1.26. The summed E-state index contributed by atoms with van der Waals surface area (Å²) in [5.41, 5.74) is 4.88. The first kappa shape index (κ1) is 22.1. The van der Waals surface area contributed by atoms with Crippen LogP contribution in [0.4, 0.5) is 5.69 Å². The highest BCUT2D eigenvalue weighted by Gasteiger charge is 2.32. The normalized spacial score (nSPS) is 18.7. The minimum Gasteiger partial charge on any atom is -0.336 e. The lowest BCUT2D eigenvalue weighted by atomic mass is 9.92. The van der Waals surface area contributed by atoms with E-state index >= 15 is 0 Å². The predicted octanol–water partition coefficient (Wildman–Crippen LogP) is 2.62. The molecule has 2 amide bonds. The Bertz CT molecular complexity index is 1220. The van der Waals surface area contributed by atoms with Gasteiger partial charge in [-0.2, -0.15) is 4.31 Å². The number of piperazine rings is 1. The SMILES string of the molecule is CC(=O)N1CCc2cc(C(=O)N3CCN(S(=O)(=O)c4ccc5c(c4)CCCC5)CC3)ccc21. The van der Waals surface area contributed by atoms with Crippen molar-refractivity contribution >= 4 is 27.5 Å². The van der Waals surface area contributed by atoms with Gasteiger partial charge in [-0.25, -0.2) is 8.42 Å². The number of sulfonamides is 1. The lowest BCUT2D eigenvalue weighted by molar-refractivity contribution is -0.116. The zero-order valence-electron chi connectivity index (χ0n) is 18.9. The molecule has 0 aromatic heterocycles. The van der Waals surface area contributed by atoms with E-state index in [2.05, 4.69) is 0 Å². The number of hydrogen-bond acceptors (Lipinski definition) is 4. The lowest BCUT2D eigenvalue weighted by Crippen LogP contribution is -2.50. The van der Waals surface area contributed by atoms with Gasteiger partial charge in [0.05, 0.1) is 4.90 Å². The van der Waals surface area contributed by atoms with Gasteiger partial charge in [-0.1, -0.05) is 6.07 Å². The first-order chi connectivity index (χ1) is 15.8. The Hall–Kier alpha value is -2.71. The molecular formula is C25H29N3O4S. The van der Waals surface area contributed by atoms with Crippen LogP contribution in [0.5, 0.6) is 0 Å². The van der Waals surface area contributed by atoms with Gasteiger partial charge in [0.15, 0.2) is 0 Å². The van der Waals surface area contributed by atoms with E-state index in [1.54, 1.807) is 28.9 Å². The molecule has 7 nitrogen and oxygen atoms in total. The maximum atomic E-state index is 13.2.